The molecule has 0 rings (SSSR count). The average molecular weight is 172 g/mol. The summed E-state index contributed by atoms with van der Waals surface area (Å²) < 4.78 is 0. The Kier molecular flexibility index (Phi) is 3.46. The molecule has 0 saturated carbocycles. The van der Waals surface area contributed by atoms with Crippen LogP contribution >= 0.6 is 0 Å². The Labute approximate surface area is 77.2 Å². The zero-order chi connectivity index (χ0) is 10.5. The van der Waals surface area contributed by atoms with Crippen LogP contribution in [0, 0.1) is 62.6 Å². The molecule has 0 bridgehead atoms. The molecule has 0 aliphatic heterocycles. The largest absolute Gasteiger partial charge is 0.198 e. The van der Waals surface area contributed by atoms with Gasteiger partial charge in [-0.2, -0.15) is 21.0 Å². The molecule has 0 aliphatic carbocycles. The molecule has 64 valence electrons. The molecule has 0 saturated heterocycles. The quantitative estimate of drug-likeness (QED) is 0.627. The van der Waals surface area contributed by atoms with Gasteiger partial charge in [-0.15, -0.1) is 0 Å². The first-order valence-corrected chi connectivity index (χ1v) is 3.70. The summed E-state index contributed by atoms with van der Waals surface area (Å²) in [4.78, 5) is 0. The summed E-state index contributed by atoms with van der Waals surface area (Å²) in [6, 6.07) is 7.17. The van der Waals surface area contributed by atoms with Crippen LogP contribution in [0.2, 0.25) is 0 Å². The third kappa shape index (κ3) is 1.58. The van der Waals surface area contributed by atoms with Crippen LogP contribution in [0.25, 0.3) is 0 Å². The van der Waals surface area contributed by atoms with E-state index in [1.54, 1.807) is 12.1 Å². The summed E-state index contributed by atoms with van der Waals surface area (Å²) in [7, 11) is 0. The molecular formula is C9H8N4. The minimum Gasteiger partial charge on any atom is -0.198 e. The maximum atomic E-state index is 8.80. The van der Waals surface area contributed by atoms with Crippen molar-refractivity contribution in [3.05, 3.63) is 0 Å². The molecule has 0 amide bonds. The summed E-state index contributed by atoms with van der Waals surface area (Å²) in [5, 5.41) is 34.8. The van der Waals surface area contributed by atoms with Crippen molar-refractivity contribution < 1.29 is 0 Å². The molecule has 0 heterocycles. The molecule has 0 N–H and O–H groups in total. The predicted molar refractivity (Wildman–Crippen MR) is 43.2 cm³/mol. The lowest BCUT2D eigenvalue weighted by Gasteiger charge is -2.22. The first-order chi connectivity index (χ1) is 6.08. The Morgan fingerprint density at radius 3 is 1.31 bits per heavy atom. The molecule has 0 aromatic rings. The lowest BCUT2D eigenvalue weighted by atomic mass is 9.71. The Balaban J connectivity index is 5.27. The summed E-state index contributed by atoms with van der Waals surface area (Å²) in [6.07, 6.45) is 0. The highest BCUT2D eigenvalue weighted by Gasteiger charge is 2.43. The van der Waals surface area contributed by atoms with Crippen molar-refractivity contribution >= 4 is 0 Å². The fourth-order valence-electron chi connectivity index (χ4n) is 0.991. The second-order valence-corrected chi connectivity index (χ2v) is 2.79. The van der Waals surface area contributed by atoms with Crippen molar-refractivity contribution in [1.82, 2.24) is 0 Å². The van der Waals surface area contributed by atoms with Crippen molar-refractivity contribution in [2.45, 2.75) is 13.8 Å². The highest BCUT2D eigenvalue weighted by atomic mass is 14.5. The molecule has 0 spiro atoms. The van der Waals surface area contributed by atoms with E-state index in [0.717, 1.165) is 0 Å². The number of hydrogen-bond donors (Lipinski definition) is 0. The maximum absolute atomic E-state index is 8.80. The van der Waals surface area contributed by atoms with Crippen LogP contribution in [0.4, 0.5) is 0 Å². The van der Waals surface area contributed by atoms with E-state index < -0.39 is 17.3 Å². The van der Waals surface area contributed by atoms with Gasteiger partial charge < -0.3 is 0 Å². The van der Waals surface area contributed by atoms with Gasteiger partial charge >= 0.3 is 0 Å². The highest BCUT2D eigenvalue weighted by molar-refractivity contribution is 5.25. The third-order valence-electron chi connectivity index (χ3n) is 2.12. The van der Waals surface area contributed by atoms with Gasteiger partial charge in [0.1, 0.15) is 0 Å². The van der Waals surface area contributed by atoms with Crippen LogP contribution in [-0.4, -0.2) is 0 Å². The molecular weight excluding hydrogens is 164 g/mol. The summed E-state index contributed by atoms with van der Waals surface area (Å²) in [5.41, 5.74) is -1.51. The molecule has 0 radical (unpaired) electrons. The topological polar surface area (TPSA) is 95.2 Å². The number of nitriles is 4. The van der Waals surface area contributed by atoms with E-state index in [1.807, 2.05) is 12.1 Å². The van der Waals surface area contributed by atoms with Crippen LogP contribution in [0.5, 0.6) is 0 Å². The lowest BCUT2D eigenvalue weighted by molar-refractivity contribution is 0.335. The zero-order valence-corrected chi connectivity index (χ0v) is 7.44. The van der Waals surface area contributed by atoms with Gasteiger partial charge in [-0.1, -0.05) is 0 Å². The summed E-state index contributed by atoms with van der Waals surface area (Å²) >= 11 is 0. The van der Waals surface area contributed by atoms with E-state index in [1.165, 1.54) is 13.8 Å². The monoisotopic (exact) mass is 172 g/mol. The van der Waals surface area contributed by atoms with E-state index in [4.69, 9.17) is 21.0 Å². The van der Waals surface area contributed by atoms with Gasteiger partial charge in [0.15, 0.2) is 5.41 Å². The fraction of sp³-hybridized carbons (Fsp3) is 0.556. The van der Waals surface area contributed by atoms with Crippen molar-refractivity contribution in [1.29, 1.82) is 21.0 Å². The van der Waals surface area contributed by atoms with Gasteiger partial charge in [0.2, 0.25) is 0 Å². The van der Waals surface area contributed by atoms with Crippen LogP contribution < -0.4 is 0 Å². The Bertz CT molecular complexity index is 308. The predicted octanol–water partition coefficient (Wildman–Crippen LogP) is 1.34. The molecule has 2 atom stereocenters. The molecule has 0 aliphatic rings. The maximum Gasteiger partial charge on any atom is 0.174 e. The number of nitrogens with zero attached hydrogens (tertiary/aromatic N) is 4. The van der Waals surface area contributed by atoms with Crippen LogP contribution in [-0.2, 0) is 0 Å². The van der Waals surface area contributed by atoms with Gasteiger partial charge in [-0.3, -0.25) is 0 Å². The van der Waals surface area contributed by atoms with Gasteiger partial charge in [-0.05, 0) is 13.8 Å². The molecule has 0 fully saturated rings. The Hall–Kier alpha value is -2.04. The van der Waals surface area contributed by atoms with Crippen molar-refractivity contribution in [3.8, 4) is 24.3 Å². The standard InChI is InChI=1S/C9H8N4/c1-7(3-10)9(5-12,6-13)8(2)4-11/h7-8H,1-2H3. The number of rotatable bonds is 2. The SMILES string of the molecule is CC(C#N)C(C#N)(C#N)C(C)C#N. The van der Waals surface area contributed by atoms with Gasteiger partial charge in [0.25, 0.3) is 0 Å². The Morgan fingerprint density at radius 2 is 1.15 bits per heavy atom. The minimum atomic E-state index is -1.51. The summed E-state index contributed by atoms with van der Waals surface area (Å²) in [5.74, 6) is -1.53. The average Bonchev–Trinajstić information content (AvgIpc) is 2.19. The van der Waals surface area contributed by atoms with E-state index in [-0.39, 0.29) is 0 Å². The van der Waals surface area contributed by atoms with Crippen LogP contribution in [0.3, 0.4) is 0 Å². The molecule has 13 heavy (non-hydrogen) atoms. The molecule has 4 nitrogen and oxygen atoms in total. The van der Waals surface area contributed by atoms with Gasteiger partial charge in [-0.25, -0.2) is 0 Å². The second-order valence-electron chi connectivity index (χ2n) is 2.79. The third-order valence-corrected chi connectivity index (χ3v) is 2.12. The first-order valence-electron chi connectivity index (χ1n) is 3.70. The minimum absolute atomic E-state index is 0.767. The van der Waals surface area contributed by atoms with E-state index in [0.29, 0.717) is 0 Å². The molecule has 0 aromatic carbocycles. The number of hydrogen-bond acceptors (Lipinski definition) is 4. The van der Waals surface area contributed by atoms with E-state index in [9.17, 15) is 0 Å². The van der Waals surface area contributed by atoms with E-state index >= 15 is 0 Å². The van der Waals surface area contributed by atoms with E-state index in [2.05, 4.69) is 0 Å². The molecule has 4 heteroatoms. The Morgan fingerprint density at radius 1 is 0.846 bits per heavy atom. The molecule has 2 unspecified atom stereocenters. The van der Waals surface area contributed by atoms with Crippen molar-refractivity contribution in [2.75, 3.05) is 0 Å². The van der Waals surface area contributed by atoms with Gasteiger partial charge in [0.05, 0.1) is 36.1 Å². The van der Waals surface area contributed by atoms with Crippen molar-refractivity contribution in [3.63, 3.8) is 0 Å². The van der Waals surface area contributed by atoms with Gasteiger partial charge in [0, 0.05) is 0 Å². The lowest BCUT2D eigenvalue weighted by Crippen LogP contribution is -2.31. The van der Waals surface area contributed by atoms with Crippen molar-refractivity contribution in [2.24, 2.45) is 17.3 Å². The van der Waals surface area contributed by atoms with Crippen LogP contribution in [0.1, 0.15) is 13.8 Å². The normalized spacial score (nSPS) is 14.0. The smallest absolute Gasteiger partial charge is 0.174 e. The highest BCUT2D eigenvalue weighted by Crippen LogP contribution is 2.34. The first kappa shape index (κ1) is 11.0. The summed E-state index contributed by atoms with van der Waals surface area (Å²) in [6.45, 7) is 2.94. The zero-order valence-electron chi connectivity index (χ0n) is 7.44. The second kappa shape index (κ2) is 4.10. The molecule has 0 aromatic heterocycles. The van der Waals surface area contributed by atoms with Crippen LogP contribution in [0.15, 0.2) is 0 Å². The fourth-order valence-corrected chi connectivity index (χ4v) is 0.991.